The summed E-state index contributed by atoms with van der Waals surface area (Å²) < 4.78 is 40.7. The molecule has 0 radical (unpaired) electrons. The van der Waals surface area contributed by atoms with Gasteiger partial charge >= 0.3 is 0 Å². The van der Waals surface area contributed by atoms with Gasteiger partial charge in [-0.05, 0) is 55.5 Å². The van der Waals surface area contributed by atoms with Gasteiger partial charge in [0.05, 0.1) is 39.0 Å². The molecule has 0 bridgehead atoms. The molecule has 0 saturated carbocycles. The number of aryl methyl sites for hydroxylation is 1. The molecule has 8 nitrogen and oxygen atoms in total. The van der Waals surface area contributed by atoms with Crippen molar-refractivity contribution in [2.45, 2.75) is 18.2 Å². The molecule has 1 amide bonds. The van der Waals surface area contributed by atoms with Crippen molar-refractivity contribution < 1.29 is 22.7 Å². The standard InChI is InChI=1S/C24H21N3O5S2/c1-15-25-20-8-6-18(14-23(20)33-15)27-34(29,30)19-5-2-4-16(12-19)24(28)26-17-7-9-21-22(13-17)32-11-3-10-31-21/h2,4-9,12-14,27H,3,10-11H2,1H3,(H,26,28). The Balaban J connectivity index is 1.34. The number of nitrogens with zero attached hydrogens (tertiary/aromatic N) is 1. The number of amides is 1. The van der Waals surface area contributed by atoms with Gasteiger partial charge in [-0.15, -0.1) is 11.3 Å². The minimum absolute atomic E-state index is 0.0145. The van der Waals surface area contributed by atoms with E-state index in [1.807, 2.05) is 6.92 Å². The summed E-state index contributed by atoms with van der Waals surface area (Å²) in [5.41, 5.74) is 1.98. The SMILES string of the molecule is Cc1nc2ccc(NS(=O)(=O)c3cccc(C(=O)Nc4ccc5c(c4)OCCCO5)c3)cc2s1. The predicted octanol–water partition coefficient (Wildman–Crippen LogP) is 4.82. The third kappa shape index (κ3) is 4.68. The number of hydrogen-bond acceptors (Lipinski definition) is 7. The van der Waals surface area contributed by atoms with Crippen LogP contribution in [0, 0.1) is 6.92 Å². The molecule has 2 heterocycles. The van der Waals surface area contributed by atoms with Crippen molar-refractivity contribution in [3.05, 3.63) is 71.2 Å². The maximum Gasteiger partial charge on any atom is 0.261 e. The van der Waals surface area contributed by atoms with Crippen LogP contribution >= 0.6 is 11.3 Å². The third-order valence-corrected chi connectivity index (χ3v) is 7.47. The average Bonchev–Trinajstić information content (AvgIpc) is 3.03. The number of anilines is 2. The molecule has 0 fully saturated rings. The van der Waals surface area contributed by atoms with Crippen LogP contribution in [0.15, 0.2) is 65.6 Å². The molecule has 10 heteroatoms. The van der Waals surface area contributed by atoms with E-state index in [1.54, 1.807) is 42.5 Å². The van der Waals surface area contributed by atoms with Crippen LogP contribution in [-0.2, 0) is 10.0 Å². The molecule has 34 heavy (non-hydrogen) atoms. The van der Waals surface area contributed by atoms with Crippen LogP contribution < -0.4 is 19.5 Å². The number of aromatic nitrogens is 1. The van der Waals surface area contributed by atoms with E-state index in [2.05, 4.69) is 15.0 Å². The minimum Gasteiger partial charge on any atom is -0.490 e. The molecule has 5 rings (SSSR count). The van der Waals surface area contributed by atoms with Crippen molar-refractivity contribution in [2.24, 2.45) is 0 Å². The van der Waals surface area contributed by atoms with Crippen molar-refractivity contribution >= 4 is 48.9 Å². The number of carbonyl (C=O) groups is 1. The lowest BCUT2D eigenvalue weighted by Crippen LogP contribution is -2.16. The molecule has 174 valence electrons. The number of hydrogen-bond donors (Lipinski definition) is 2. The zero-order chi connectivity index (χ0) is 23.7. The minimum atomic E-state index is -3.90. The molecule has 1 aliphatic rings. The number of ether oxygens (including phenoxy) is 2. The molecule has 0 saturated heterocycles. The molecule has 0 unspecified atom stereocenters. The summed E-state index contributed by atoms with van der Waals surface area (Å²) in [5.74, 6) is 0.748. The van der Waals surface area contributed by atoms with Crippen LogP contribution in [0.25, 0.3) is 10.2 Å². The fourth-order valence-corrected chi connectivity index (χ4v) is 5.53. The number of benzene rings is 3. The first-order chi connectivity index (χ1) is 16.4. The van der Waals surface area contributed by atoms with Gasteiger partial charge in [0.25, 0.3) is 15.9 Å². The summed E-state index contributed by atoms with van der Waals surface area (Å²) in [6.07, 6.45) is 0.781. The van der Waals surface area contributed by atoms with Gasteiger partial charge in [-0.3, -0.25) is 9.52 Å². The van der Waals surface area contributed by atoms with Gasteiger partial charge in [0.2, 0.25) is 0 Å². The topological polar surface area (TPSA) is 107 Å². The quantitative estimate of drug-likeness (QED) is 0.411. The van der Waals surface area contributed by atoms with Crippen molar-refractivity contribution in [1.82, 2.24) is 4.98 Å². The Morgan fingerprint density at radius 3 is 2.62 bits per heavy atom. The second kappa shape index (κ2) is 8.96. The van der Waals surface area contributed by atoms with Gasteiger partial charge in [0.1, 0.15) is 0 Å². The van der Waals surface area contributed by atoms with Gasteiger partial charge in [-0.25, -0.2) is 13.4 Å². The lowest BCUT2D eigenvalue weighted by Gasteiger charge is -2.12. The van der Waals surface area contributed by atoms with Gasteiger partial charge < -0.3 is 14.8 Å². The van der Waals surface area contributed by atoms with E-state index in [1.165, 1.54) is 29.5 Å². The van der Waals surface area contributed by atoms with Crippen LogP contribution in [-0.4, -0.2) is 32.5 Å². The monoisotopic (exact) mass is 495 g/mol. The van der Waals surface area contributed by atoms with Crippen molar-refractivity contribution in [1.29, 1.82) is 0 Å². The summed E-state index contributed by atoms with van der Waals surface area (Å²) in [7, 11) is -3.90. The molecular weight excluding hydrogens is 474 g/mol. The zero-order valence-corrected chi connectivity index (χ0v) is 19.8. The van der Waals surface area contributed by atoms with Crippen molar-refractivity contribution in [2.75, 3.05) is 23.3 Å². The molecule has 1 aliphatic heterocycles. The fourth-order valence-electron chi connectivity index (χ4n) is 3.57. The van der Waals surface area contributed by atoms with Crippen molar-refractivity contribution in [3.8, 4) is 11.5 Å². The first kappa shape index (κ1) is 22.2. The Labute approximate surface area is 200 Å². The highest BCUT2D eigenvalue weighted by atomic mass is 32.2. The Kier molecular flexibility index (Phi) is 5.84. The number of fused-ring (bicyclic) bond motifs is 2. The Bertz CT molecular complexity index is 1500. The lowest BCUT2D eigenvalue weighted by molar-refractivity contribution is 0.102. The highest BCUT2D eigenvalue weighted by Crippen LogP contribution is 2.32. The highest BCUT2D eigenvalue weighted by Gasteiger charge is 2.18. The number of carbonyl (C=O) groups excluding carboxylic acids is 1. The number of sulfonamides is 1. The smallest absolute Gasteiger partial charge is 0.261 e. The largest absolute Gasteiger partial charge is 0.490 e. The Morgan fingerprint density at radius 2 is 1.76 bits per heavy atom. The molecule has 4 aromatic rings. The van der Waals surface area contributed by atoms with Crippen LogP contribution in [0.1, 0.15) is 21.8 Å². The summed E-state index contributed by atoms with van der Waals surface area (Å²) in [6, 6.07) is 16.2. The molecule has 0 spiro atoms. The van der Waals surface area contributed by atoms with Crippen LogP contribution in [0.3, 0.4) is 0 Å². The fraction of sp³-hybridized carbons (Fsp3) is 0.167. The van der Waals surface area contributed by atoms with E-state index in [4.69, 9.17) is 9.47 Å². The first-order valence-corrected chi connectivity index (χ1v) is 12.9. The Hall–Kier alpha value is -3.63. The van der Waals surface area contributed by atoms with Gasteiger partial charge in [0, 0.05) is 23.7 Å². The molecule has 0 aliphatic carbocycles. The van der Waals surface area contributed by atoms with Crippen LogP contribution in [0.4, 0.5) is 11.4 Å². The predicted molar refractivity (Wildman–Crippen MR) is 132 cm³/mol. The van der Waals surface area contributed by atoms with E-state index < -0.39 is 15.9 Å². The van der Waals surface area contributed by atoms with E-state index in [0.717, 1.165) is 21.6 Å². The second-order valence-corrected chi connectivity index (χ2v) is 10.6. The number of nitrogens with one attached hydrogen (secondary N) is 2. The normalized spacial score (nSPS) is 13.3. The summed E-state index contributed by atoms with van der Waals surface area (Å²) in [6.45, 7) is 3.01. The van der Waals surface area contributed by atoms with Gasteiger partial charge in [0.15, 0.2) is 11.5 Å². The van der Waals surface area contributed by atoms with E-state index in [9.17, 15) is 13.2 Å². The Morgan fingerprint density at radius 1 is 0.971 bits per heavy atom. The second-order valence-electron chi connectivity index (χ2n) is 7.71. The molecule has 2 N–H and O–H groups in total. The number of thiazole rings is 1. The molecular formula is C24H21N3O5S2. The number of rotatable bonds is 5. The molecule has 1 aromatic heterocycles. The summed E-state index contributed by atoms with van der Waals surface area (Å²) >= 11 is 1.49. The highest BCUT2D eigenvalue weighted by molar-refractivity contribution is 7.92. The van der Waals surface area contributed by atoms with Gasteiger partial charge in [-0.2, -0.15) is 0 Å². The van der Waals surface area contributed by atoms with E-state index in [-0.39, 0.29) is 10.5 Å². The summed E-state index contributed by atoms with van der Waals surface area (Å²) in [4.78, 5) is 17.2. The zero-order valence-electron chi connectivity index (χ0n) is 18.2. The molecule has 3 aromatic carbocycles. The third-order valence-electron chi connectivity index (χ3n) is 5.16. The lowest BCUT2D eigenvalue weighted by atomic mass is 10.2. The maximum atomic E-state index is 13.0. The van der Waals surface area contributed by atoms with Gasteiger partial charge in [-0.1, -0.05) is 6.07 Å². The van der Waals surface area contributed by atoms with E-state index >= 15 is 0 Å². The van der Waals surface area contributed by atoms with Crippen molar-refractivity contribution in [3.63, 3.8) is 0 Å². The molecule has 0 atom stereocenters. The maximum absolute atomic E-state index is 13.0. The van der Waals surface area contributed by atoms with E-state index in [0.29, 0.717) is 36.1 Å². The average molecular weight is 496 g/mol. The summed E-state index contributed by atoms with van der Waals surface area (Å²) in [5, 5.41) is 3.69. The van der Waals surface area contributed by atoms with Crippen LogP contribution in [0.5, 0.6) is 11.5 Å². The first-order valence-electron chi connectivity index (χ1n) is 10.6. The van der Waals surface area contributed by atoms with Crippen LogP contribution in [0.2, 0.25) is 0 Å².